The van der Waals surface area contributed by atoms with E-state index in [1.807, 2.05) is 49.1 Å². The summed E-state index contributed by atoms with van der Waals surface area (Å²) in [5.41, 5.74) is 5.82. The second-order valence-electron chi connectivity index (χ2n) is 8.17. The Morgan fingerprint density at radius 1 is 1.12 bits per heavy atom. The number of ether oxygens (including phenoxy) is 1. The maximum atomic E-state index is 6.05. The summed E-state index contributed by atoms with van der Waals surface area (Å²) in [5.74, 6) is 0.868. The fraction of sp³-hybridized carbons (Fsp3) is 0.320. The third-order valence-electron chi connectivity index (χ3n) is 5.96. The van der Waals surface area contributed by atoms with Crippen molar-refractivity contribution in [2.45, 2.75) is 19.9 Å². The van der Waals surface area contributed by atoms with Gasteiger partial charge in [-0.3, -0.25) is 4.68 Å². The van der Waals surface area contributed by atoms with Gasteiger partial charge in [-0.15, -0.1) is 0 Å². The molecule has 1 aliphatic heterocycles. The van der Waals surface area contributed by atoms with E-state index in [9.17, 15) is 0 Å². The highest BCUT2D eigenvalue weighted by Crippen LogP contribution is 2.39. The summed E-state index contributed by atoms with van der Waals surface area (Å²) in [7, 11) is 1.94. The third-order valence-corrected chi connectivity index (χ3v) is 5.96. The SMILES string of the molecule is CCOc1cc2ncnc(-c3cn(C)nc3-c3ccccc3)c2cc1N1CCNCC1C. The molecule has 2 aromatic heterocycles. The average Bonchev–Trinajstić information content (AvgIpc) is 3.21. The zero-order chi connectivity index (χ0) is 22.1. The molecule has 32 heavy (non-hydrogen) atoms. The summed E-state index contributed by atoms with van der Waals surface area (Å²) < 4.78 is 7.90. The lowest BCUT2D eigenvalue weighted by atomic mass is 10.0. The number of rotatable bonds is 5. The maximum absolute atomic E-state index is 6.05. The summed E-state index contributed by atoms with van der Waals surface area (Å²) in [6, 6.07) is 14.8. The third kappa shape index (κ3) is 3.69. The number of piperazine rings is 1. The molecule has 5 rings (SSSR count). The van der Waals surface area contributed by atoms with E-state index in [1.54, 1.807) is 6.33 Å². The van der Waals surface area contributed by atoms with Crippen LogP contribution in [-0.2, 0) is 7.05 Å². The van der Waals surface area contributed by atoms with E-state index < -0.39 is 0 Å². The van der Waals surface area contributed by atoms with E-state index in [2.05, 4.69) is 40.3 Å². The normalized spacial score (nSPS) is 16.5. The molecule has 1 atom stereocenters. The molecule has 0 radical (unpaired) electrons. The van der Waals surface area contributed by atoms with Gasteiger partial charge in [0.15, 0.2) is 0 Å². The van der Waals surface area contributed by atoms with Gasteiger partial charge in [0.1, 0.15) is 17.8 Å². The Kier molecular flexibility index (Phi) is 5.49. The van der Waals surface area contributed by atoms with Gasteiger partial charge in [0.2, 0.25) is 0 Å². The predicted octanol–water partition coefficient (Wildman–Crippen LogP) is 3.89. The number of aromatic nitrogens is 4. The Balaban J connectivity index is 1.72. The molecule has 0 aliphatic carbocycles. The van der Waals surface area contributed by atoms with Gasteiger partial charge in [0.25, 0.3) is 0 Å². The van der Waals surface area contributed by atoms with Gasteiger partial charge in [-0.2, -0.15) is 5.10 Å². The highest BCUT2D eigenvalue weighted by Gasteiger charge is 2.24. The van der Waals surface area contributed by atoms with Crippen LogP contribution in [0.15, 0.2) is 55.0 Å². The van der Waals surface area contributed by atoms with Gasteiger partial charge in [0.05, 0.1) is 23.5 Å². The molecule has 1 N–H and O–H groups in total. The molecule has 7 nitrogen and oxygen atoms in total. The fourth-order valence-corrected chi connectivity index (χ4v) is 4.45. The van der Waals surface area contributed by atoms with Crippen molar-refractivity contribution in [1.29, 1.82) is 0 Å². The zero-order valence-corrected chi connectivity index (χ0v) is 18.7. The fourth-order valence-electron chi connectivity index (χ4n) is 4.45. The lowest BCUT2D eigenvalue weighted by Crippen LogP contribution is -2.50. The second-order valence-corrected chi connectivity index (χ2v) is 8.17. The molecule has 0 saturated carbocycles. The van der Waals surface area contributed by atoms with Crippen LogP contribution >= 0.6 is 0 Å². The minimum absolute atomic E-state index is 0.367. The zero-order valence-electron chi connectivity index (χ0n) is 18.7. The molecule has 0 bridgehead atoms. The second kappa shape index (κ2) is 8.59. The van der Waals surface area contributed by atoms with Crippen LogP contribution < -0.4 is 15.0 Å². The van der Waals surface area contributed by atoms with Crippen LogP contribution in [0.2, 0.25) is 0 Å². The average molecular weight is 429 g/mol. The Morgan fingerprint density at radius 3 is 2.75 bits per heavy atom. The summed E-state index contributed by atoms with van der Waals surface area (Å²) in [6.07, 6.45) is 3.66. The Morgan fingerprint density at radius 2 is 1.97 bits per heavy atom. The van der Waals surface area contributed by atoms with Crippen molar-refractivity contribution >= 4 is 16.6 Å². The number of nitrogens with zero attached hydrogens (tertiary/aromatic N) is 5. The quantitative estimate of drug-likeness (QED) is 0.520. The largest absolute Gasteiger partial charge is 0.492 e. The number of benzene rings is 2. The monoisotopic (exact) mass is 428 g/mol. The topological polar surface area (TPSA) is 68.1 Å². The van der Waals surface area contributed by atoms with Crippen LogP contribution in [0.4, 0.5) is 5.69 Å². The smallest absolute Gasteiger partial charge is 0.144 e. The molecule has 1 unspecified atom stereocenters. The van der Waals surface area contributed by atoms with Crippen LogP contribution in [0, 0.1) is 0 Å². The van der Waals surface area contributed by atoms with Crippen LogP contribution in [0.3, 0.4) is 0 Å². The molecule has 4 aromatic rings. The van der Waals surface area contributed by atoms with Crippen molar-refractivity contribution in [1.82, 2.24) is 25.1 Å². The number of fused-ring (bicyclic) bond motifs is 1. The van der Waals surface area contributed by atoms with E-state index in [4.69, 9.17) is 14.8 Å². The highest BCUT2D eigenvalue weighted by molar-refractivity contribution is 5.98. The van der Waals surface area contributed by atoms with Crippen molar-refractivity contribution in [2.75, 3.05) is 31.1 Å². The van der Waals surface area contributed by atoms with Gasteiger partial charge < -0.3 is 15.0 Å². The molecule has 3 heterocycles. The van der Waals surface area contributed by atoms with Crippen molar-refractivity contribution in [2.24, 2.45) is 7.05 Å². The number of hydrogen-bond donors (Lipinski definition) is 1. The Hall–Kier alpha value is -3.45. The molecule has 0 amide bonds. The first-order valence-electron chi connectivity index (χ1n) is 11.1. The minimum atomic E-state index is 0.367. The molecule has 7 heteroatoms. The summed E-state index contributed by atoms with van der Waals surface area (Å²) >= 11 is 0. The van der Waals surface area contributed by atoms with Gasteiger partial charge in [-0.05, 0) is 19.9 Å². The number of nitrogens with one attached hydrogen (secondary N) is 1. The highest BCUT2D eigenvalue weighted by atomic mass is 16.5. The van der Waals surface area contributed by atoms with Crippen molar-refractivity contribution in [3.63, 3.8) is 0 Å². The predicted molar refractivity (Wildman–Crippen MR) is 128 cm³/mol. The number of hydrogen-bond acceptors (Lipinski definition) is 6. The van der Waals surface area contributed by atoms with Crippen LogP contribution in [0.5, 0.6) is 5.75 Å². The Bertz CT molecular complexity index is 1240. The van der Waals surface area contributed by atoms with Gasteiger partial charge in [-0.1, -0.05) is 30.3 Å². The van der Waals surface area contributed by atoms with Crippen molar-refractivity contribution in [3.8, 4) is 28.3 Å². The first-order valence-corrected chi connectivity index (χ1v) is 11.1. The molecule has 1 aliphatic rings. The van der Waals surface area contributed by atoms with Gasteiger partial charge in [-0.25, -0.2) is 9.97 Å². The maximum Gasteiger partial charge on any atom is 0.144 e. The first-order chi connectivity index (χ1) is 15.7. The molecular weight excluding hydrogens is 400 g/mol. The lowest BCUT2D eigenvalue weighted by molar-refractivity contribution is 0.339. The molecule has 1 saturated heterocycles. The molecule has 2 aromatic carbocycles. The lowest BCUT2D eigenvalue weighted by Gasteiger charge is -2.37. The minimum Gasteiger partial charge on any atom is -0.492 e. The van der Waals surface area contributed by atoms with Crippen LogP contribution in [-0.4, -0.2) is 52.0 Å². The van der Waals surface area contributed by atoms with Crippen molar-refractivity contribution in [3.05, 3.63) is 55.0 Å². The van der Waals surface area contributed by atoms with E-state index in [0.29, 0.717) is 12.6 Å². The first kappa shape index (κ1) is 20.5. The van der Waals surface area contributed by atoms with Gasteiger partial charge in [0, 0.05) is 61.5 Å². The molecule has 0 spiro atoms. The summed E-state index contributed by atoms with van der Waals surface area (Å²) in [6.45, 7) is 7.69. The van der Waals surface area contributed by atoms with Crippen LogP contribution in [0.1, 0.15) is 13.8 Å². The molecular formula is C25H28N6O. The van der Waals surface area contributed by atoms with E-state index in [1.165, 1.54) is 0 Å². The van der Waals surface area contributed by atoms with Gasteiger partial charge >= 0.3 is 0 Å². The number of aryl methyl sites for hydroxylation is 1. The summed E-state index contributed by atoms with van der Waals surface area (Å²) in [4.78, 5) is 11.7. The van der Waals surface area contributed by atoms with E-state index >= 15 is 0 Å². The summed E-state index contributed by atoms with van der Waals surface area (Å²) in [5, 5.41) is 9.22. The molecule has 1 fully saturated rings. The van der Waals surface area contributed by atoms with E-state index in [-0.39, 0.29) is 0 Å². The van der Waals surface area contributed by atoms with Crippen LogP contribution in [0.25, 0.3) is 33.4 Å². The molecule has 164 valence electrons. The van der Waals surface area contributed by atoms with Crippen molar-refractivity contribution < 1.29 is 4.74 Å². The van der Waals surface area contributed by atoms with E-state index in [0.717, 1.165) is 64.5 Å². The Labute approximate surface area is 188 Å². The number of anilines is 1. The standard InChI is InChI=1S/C25H28N6O/c1-4-32-23-13-21-19(12-22(23)31-11-10-26-14-17(31)2)25(28-16-27-21)20-15-30(3)29-24(20)18-8-6-5-7-9-18/h5-9,12-13,15-17,26H,4,10-11,14H2,1-3H3.